The highest BCUT2D eigenvalue weighted by molar-refractivity contribution is 7.89. The lowest BCUT2D eigenvalue weighted by Gasteiger charge is -2.12. The number of esters is 1. The zero-order valence-electron chi connectivity index (χ0n) is 13.2. The topological polar surface area (TPSA) is 86.5 Å². The Morgan fingerprint density at radius 3 is 2.24 bits per heavy atom. The molecule has 5 nitrogen and oxygen atoms in total. The number of ether oxygens (including phenoxy) is 1. The lowest BCUT2D eigenvalue weighted by molar-refractivity contribution is -0.132. The summed E-state index contributed by atoms with van der Waals surface area (Å²) in [6, 6.07) is 10.3. The first-order chi connectivity index (χ1) is 11.8. The molecule has 1 aliphatic rings. The van der Waals surface area contributed by atoms with Crippen molar-refractivity contribution < 1.29 is 22.3 Å². The average molecular weight is 359 g/mol. The number of nitrogens with two attached hydrogens (primary N) is 1. The molecule has 0 saturated carbocycles. The highest BCUT2D eigenvalue weighted by Gasteiger charge is 2.22. The van der Waals surface area contributed by atoms with Crippen LogP contribution in [0.15, 0.2) is 65.3 Å². The summed E-state index contributed by atoms with van der Waals surface area (Å²) in [5.74, 6) is -0.894. The van der Waals surface area contributed by atoms with Crippen LogP contribution in [-0.4, -0.2) is 14.4 Å². The number of carbonyl (C=O) groups is 1. The maximum atomic E-state index is 13.6. The molecule has 0 unspecified atom stereocenters. The highest BCUT2D eigenvalue weighted by Crippen LogP contribution is 2.31. The number of primary sulfonamides is 1. The quantitative estimate of drug-likeness (QED) is 0.674. The zero-order chi connectivity index (χ0) is 18.2. The van der Waals surface area contributed by atoms with Gasteiger partial charge in [-0.3, -0.25) is 0 Å². The van der Waals surface area contributed by atoms with Gasteiger partial charge in [0.1, 0.15) is 5.82 Å². The molecule has 1 aliphatic heterocycles. The Morgan fingerprint density at radius 2 is 1.72 bits per heavy atom. The third-order valence-corrected chi connectivity index (χ3v) is 4.75. The van der Waals surface area contributed by atoms with Gasteiger partial charge < -0.3 is 4.74 Å². The van der Waals surface area contributed by atoms with E-state index in [1.165, 1.54) is 30.5 Å². The summed E-state index contributed by atoms with van der Waals surface area (Å²) in [7, 11) is -3.82. The molecule has 0 bridgehead atoms. The Bertz CT molecular complexity index is 1020. The lowest BCUT2D eigenvalue weighted by Crippen LogP contribution is -2.12. The van der Waals surface area contributed by atoms with Crippen LogP contribution in [0.2, 0.25) is 0 Å². The first-order valence-electron chi connectivity index (χ1n) is 7.29. The predicted molar refractivity (Wildman–Crippen MR) is 90.2 cm³/mol. The summed E-state index contributed by atoms with van der Waals surface area (Å²) >= 11 is 0. The summed E-state index contributed by atoms with van der Waals surface area (Å²) in [4.78, 5) is 12.0. The molecule has 0 fully saturated rings. The van der Waals surface area contributed by atoms with E-state index in [9.17, 15) is 17.6 Å². The van der Waals surface area contributed by atoms with E-state index < -0.39 is 16.0 Å². The maximum Gasteiger partial charge on any atom is 0.343 e. The molecule has 7 heteroatoms. The summed E-state index contributed by atoms with van der Waals surface area (Å²) in [5.41, 5.74) is 2.43. The molecule has 1 heterocycles. The molecule has 0 spiro atoms. The second-order valence-corrected chi connectivity index (χ2v) is 7.09. The average Bonchev–Trinajstić information content (AvgIpc) is 2.97. The normalized spacial score (nSPS) is 16.0. The van der Waals surface area contributed by atoms with Gasteiger partial charge in [0.05, 0.1) is 16.7 Å². The fourth-order valence-corrected chi connectivity index (χ4v) is 3.09. The van der Waals surface area contributed by atoms with Crippen molar-refractivity contribution in [3.05, 3.63) is 82.9 Å². The number of benzene rings is 2. The number of hydrogen-bond acceptors (Lipinski definition) is 4. The van der Waals surface area contributed by atoms with Gasteiger partial charge in [0.2, 0.25) is 10.0 Å². The Morgan fingerprint density at radius 1 is 1.08 bits per heavy atom. The van der Waals surface area contributed by atoms with Crippen LogP contribution in [0.4, 0.5) is 4.39 Å². The lowest BCUT2D eigenvalue weighted by atomic mass is 9.92. The van der Waals surface area contributed by atoms with Crippen LogP contribution in [0.1, 0.15) is 16.7 Å². The Hall–Kier alpha value is -2.77. The van der Waals surface area contributed by atoms with E-state index in [2.05, 4.69) is 0 Å². The molecule has 0 aliphatic carbocycles. The van der Waals surface area contributed by atoms with Gasteiger partial charge in [-0.2, -0.15) is 0 Å². The summed E-state index contributed by atoms with van der Waals surface area (Å²) in [6.07, 6.45) is 2.79. The minimum Gasteiger partial charge on any atom is -0.431 e. The number of hydrogen-bond donors (Lipinski definition) is 1. The number of carbonyl (C=O) groups excluding carboxylic acids is 1. The van der Waals surface area contributed by atoms with Crippen molar-refractivity contribution in [1.29, 1.82) is 0 Å². The van der Waals surface area contributed by atoms with Crippen molar-refractivity contribution in [2.75, 3.05) is 0 Å². The number of cyclic esters (lactones) is 1. The van der Waals surface area contributed by atoms with E-state index in [1.807, 2.05) is 0 Å². The summed E-state index contributed by atoms with van der Waals surface area (Å²) < 4.78 is 41.3. The van der Waals surface area contributed by atoms with Crippen LogP contribution in [0.5, 0.6) is 0 Å². The van der Waals surface area contributed by atoms with E-state index in [-0.39, 0.29) is 10.7 Å². The van der Waals surface area contributed by atoms with Crippen molar-refractivity contribution in [1.82, 2.24) is 0 Å². The van der Waals surface area contributed by atoms with Crippen LogP contribution in [0.3, 0.4) is 0 Å². The van der Waals surface area contributed by atoms with Crippen LogP contribution in [-0.2, 0) is 19.6 Å². The van der Waals surface area contributed by atoms with Gasteiger partial charge in [-0.15, -0.1) is 0 Å². The van der Waals surface area contributed by atoms with E-state index >= 15 is 0 Å². The van der Waals surface area contributed by atoms with Crippen molar-refractivity contribution in [2.45, 2.75) is 11.8 Å². The second-order valence-electron chi connectivity index (χ2n) is 5.53. The molecule has 0 saturated heterocycles. The fraction of sp³-hybridized carbons (Fsp3) is 0.0556. The monoisotopic (exact) mass is 359 g/mol. The predicted octanol–water partition coefficient (Wildman–Crippen LogP) is 2.65. The molecule has 2 N–H and O–H groups in total. The van der Waals surface area contributed by atoms with Crippen LogP contribution in [0, 0.1) is 12.7 Å². The Kier molecular flexibility index (Phi) is 4.28. The highest BCUT2D eigenvalue weighted by atomic mass is 32.2. The van der Waals surface area contributed by atoms with Gasteiger partial charge in [-0.05, 0) is 54.0 Å². The van der Waals surface area contributed by atoms with Gasteiger partial charge >= 0.3 is 5.97 Å². The van der Waals surface area contributed by atoms with Crippen LogP contribution < -0.4 is 5.14 Å². The molecule has 0 amide bonds. The van der Waals surface area contributed by atoms with Gasteiger partial charge in [-0.25, -0.2) is 22.7 Å². The molecule has 0 radical (unpaired) electrons. The minimum absolute atomic E-state index is 0.0413. The smallest absolute Gasteiger partial charge is 0.343 e. The minimum atomic E-state index is -3.82. The molecular weight excluding hydrogens is 345 g/mol. The molecule has 0 aromatic heterocycles. The van der Waals surface area contributed by atoms with Crippen molar-refractivity contribution in [3.63, 3.8) is 0 Å². The second kappa shape index (κ2) is 6.27. The Labute approximate surface area is 144 Å². The first-order valence-corrected chi connectivity index (χ1v) is 8.83. The van der Waals surface area contributed by atoms with Gasteiger partial charge in [0, 0.05) is 5.57 Å². The van der Waals surface area contributed by atoms with E-state index in [0.717, 1.165) is 0 Å². The van der Waals surface area contributed by atoms with E-state index in [1.54, 1.807) is 31.2 Å². The van der Waals surface area contributed by atoms with Gasteiger partial charge in [-0.1, -0.05) is 18.2 Å². The third-order valence-electron chi connectivity index (χ3n) is 3.82. The fourth-order valence-electron chi connectivity index (χ4n) is 2.57. The van der Waals surface area contributed by atoms with Crippen LogP contribution in [0.25, 0.3) is 5.57 Å². The molecule has 2 aromatic carbocycles. The SMILES string of the molecule is Cc1cc(C(=C2C=COC2=O)c2ccc(S(N)(=O)=O)cc2)ccc1F. The molecule has 128 valence electrons. The van der Waals surface area contributed by atoms with Crippen LogP contribution >= 0.6 is 0 Å². The molecule has 0 atom stereocenters. The molecule has 2 aromatic rings. The Balaban J connectivity index is 2.21. The number of halogens is 1. The van der Waals surface area contributed by atoms with E-state index in [0.29, 0.717) is 27.8 Å². The van der Waals surface area contributed by atoms with Crippen molar-refractivity contribution >= 4 is 21.6 Å². The molecular formula is C18H14FNO4S. The van der Waals surface area contributed by atoms with E-state index in [4.69, 9.17) is 9.88 Å². The largest absolute Gasteiger partial charge is 0.431 e. The van der Waals surface area contributed by atoms with Gasteiger partial charge in [0.15, 0.2) is 0 Å². The van der Waals surface area contributed by atoms with Crippen molar-refractivity contribution in [3.8, 4) is 0 Å². The zero-order valence-corrected chi connectivity index (χ0v) is 14.0. The van der Waals surface area contributed by atoms with Crippen molar-refractivity contribution in [2.24, 2.45) is 5.14 Å². The maximum absolute atomic E-state index is 13.6. The first kappa shape index (κ1) is 17.1. The summed E-state index contributed by atoms with van der Waals surface area (Å²) in [5, 5.41) is 5.11. The third kappa shape index (κ3) is 3.38. The van der Waals surface area contributed by atoms with Gasteiger partial charge in [0.25, 0.3) is 0 Å². The molecule has 25 heavy (non-hydrogen) atoms. The number of rotatable bonds is 3. The summed E-state index contributed by atoms with van der Waals surface area (Å²) in [6.45, 7) is 1.62. The number of sulfonamides is 1. The standard InChI is InChI=1S/C18H14FNO4S/c1-11-10-13(4-7-16(11)19)17(15-8-9-24-18(15)21)12-2-5-14(6-3-12)25(20,22)23/h2-10H,1H3,(H2,20,22,23). The number of aryl methyl sites for hydroxylation is 1. The molecule has 3 rings (SSSR count).